The molecule has 11 nitrogen and oxygen atoms in total. The second kappa shape index (κ2) is 10.6. The standard InChI is InChI=1S/C27H30N6O5S/c1-30-12-14-31(15-13-30)18-19-6-2-4-8-23(19)32-11-10-29-22-16-20(17-24(26(22)32)33(35)36)39(37,38)25-9-5-3-7-21(25)27(28)34/h2-9,16-17,29H,10-15,18H2,1H3,(H2,28,34). The molecule has 1 amide bonds. The molecule has 3 aromatic rings. The van der Waals surface area contributed by atoms with Gasteiger partial charge in [-0.3, -0.25) is 19.8 Å². The van der Waals surface area contributed by atoms with E-state index < -0.39 is 20.7 Å². The van der Waals surface area contributed by atoms with Crippen molar-refractivity contribution in [1.29, 1.82) is 0 Å². The quantitative estimate of drug-likeness (QED) is 0.335. The molecule has 3 N–H and O–H groups in total. The number of nitrogens with one attached hydrogen (secondary N) is 1. The predicted octanol–water partition coefficient (Wildman–Crippen LogP) is 2.84. The lowest BCUT2D eigenvalue weighted by Crippen LogP contribution is -2.44. The van der Waals surface area contributed by atoms with Gasteiger partial charge in [-0.1, -0.05) is 30.3 Å². The van der Waals surface area contributed by atoms with Crippen LogP contribution in [0.25, 0.3) is 0 Å². The molecule has 0 unspecified atom stereocenters. The number of hydrogen-bond acceptors (Lipinski definition) is 9. The predicted molar refractivity (Wildman–Crippen MR) is 148 cm³/mol. The highest BCUT2D eigenvalue weighted by molar-refractivity contribution is 7.91. The molecule has 0 saturated carbocycles. The maximum atomic E-state index is 13.6. The van der Waals surface area contributed by atoms with Gasteiger partial charge in [-0.2, -0.15) is 0 Å². The van der Waals surface area contributed by atoms with Crippen molar-refractivity contribution in [3.63, 3.8) is 0 Å². The summed E-state index contributed by atoms with van der Waals surface area (Å²) in [5.74, 6) is -0.900. The number of fused-ring (bicyclic) bond motifs is 1. The summed E-state index contributed by atoms with van der Waals surface area (Å²) in [5.41, 5.74) is 7.41. The summed E-state index contributed by atoms with van der Waals surface area (Å²) >= 11 is 0. The molecular weight excluding hydrogens is 520 g/mol. The molecule has 1 saturated heterocycles. The minimum atomic E-state index is -4.29. The van der Waals surface area contributed by atoms with Gasteiger partial charge in [0, 0.05) is 57.6 Å². The number of para-hydroxylation sites is 1. The highest BCUT2D eigenvalue weighted by Crippen LogP contribution is 2.45. The maximum Gasteiger partial charge on any atom is 0.296 e. The molecule has 0 spiro atoms. The number of benzene rings is 3. The molecule has 1 fully saturated rings. The molecule has 204 valence electrons. The first-order valence-electron chi connectivity index (χ1n) is 12.6. The van der Waals surface area contributed by atoms with Crippen LogP contribution in [0.5, 0.6) is 0 Å². The van der Waals surface area contributed by atoms with Gasteiger partial charge in [-0.15, -0.1) is 0 Å². The summed E-state index contributed by atoms with van der Waals surface area (Å²) < 4.78 is 27.2. The van der Waals surface area contributed by atoms with Gasteiger partial charge in [-0.05, 0) is 36.9 Å². The van der Waals surface area contributed by atoms with Crippen LogP contribution in [0.4, 0.5) is 22.7 Å². The minimum Gasteiger partial charge on any atom is -0.381 e. The summed E-state index contributed by atoms with van der Waals surface area (Å²) in [4.78, 5) is 29.7. The lowest BCUT2D eigenvalue weighted by molar-refractivity contribution is -0.384. The Morgan fingerprint density at radius 3 is 2.44 bits per heavy atom. The van der Waals surface area contributed by atoms with Crippen molar-refractivity contribution in [3.05, 3.63) is 81.9 Å². The van der Waals surface area contributed by atoms with Crippen LogP contribution in [0, 0.1) is 10.1 Å². The Balaban J connectivity index is 1.59. The van der Waals surface area contributed by atoms with E-state index in [9.17, 15) is 23.3 Å². The molecule has 2 heterocycles. The Labute approximate surface area is 226 Å². The van der Waals surface area contributed by atoms with E-state index in [0.717, 1.165) is 43.5 Å². The third-order valence-corrected chi connectivity index (χ3v) is 9.00. The lowest BCUT2D eigenvalue weighted by Gasteiger charge is -2.36. The molecule has 3 aromatic carbocycles. The zero-order valence-corrected chi connectivity index (χ0v) is 22.4. The fourth-order valence-electron chi connectivity index (χ4n) is 5.15. The van der Waals surface area contributed by atoms with Gasteiger partial charge in [0.15, 0.2) is 0 Å². The lowest BCUT2D eigenvalue weighted by atomic mass is 10.1. The molecule has 0 aliphatic carbocycles. The van der Waals surface area contributed by atoms with Gasteiger partial charge >= 0.3 is 0 Å². The normalized spacial score (nSPS) is 16.4. The number of carbonyl (C=O) groups excluding carboxylic acids is 1. The Kier molecular flexibility index (Phi) is 7.25. The number of carbonyl (C=O) groups is 1. The van der Waals surface area contributed by atoms with Crippen LogP contribution < -0.4 is 16.0 Å². The number of anilines is 3. The van der Waals surface area contributed by atoms with Gasteiger partial charge in [0.1, 0.15) is 5.69 Å². The number of nitrogens with zero attached hydrogens (tertiary/aromatic N) is 4. The SMILES string of the molecule is CN1CCN(Cc2ccccc2N2CCNc3cc(S(=O)(=O)c4ccccc4C(N)=O)cc([N+](=O)[O-])c32)CC1. The molecule has 12 heteroatoms. The first-order valence-corrected chi connectivity index (χ1v) is 14.1. The second-order valence-corrected chi connectivity index (χ2v) is 11.7. The monoisotopic (exact) mass is 550 g/mol. The Hall–Kier alpha value is -4.00. The first-order chi connectivity index (χ1) is 18.7. The zero-order valence-electron chi connectivity index (χ0n) is 21.5. The first kappa shape index (κ1) is 26.6. The van der Waals surface area contributed by atoms with Crippen molar-refractivity contribution in [1.82, 2.24) is 9.80 Å². The third-order valence-electron chi connectivity index (χ3n) is 7.21. The number of sulfone groups is 1. The number of hydrogen-bond donors (Lipinski definition) is 2. The number of nitro groups is 1. The largest absolute Gasteiger partial charge is 0.381 e. The van der Waals surface area contributed by atoms with E-state index in [1.807, 2.05) is 29.2 Å². The molecule has 0 aromatic heterocycles. The summed E-state index contributed by atoms with van der Waals surface area (Å²) in [6.45, 7) is 5.42. The number of piperazine rings is 1. The Morgan fingerprint density at radius 2 is 1.72 bits per heavy atom. The summed E-state index contributed by atoms with van der Waals surface area (Å²) in [6.07, 6.45) is 0. The molecule has 2 aliphatic rings. The molecule has 0 radical (unpaired) electrons. The zero-order chi connectivity index (χ0) is 27.7. The van der Waals surface area contributed by atoms with Crippen LogP contribution in [0.2, 0.25) is 0 Å². The van der Waals surface area contributed by atoms with E-state index >= 15 is 0 Å². The molecule has 0 atom stereocenters. The maximum absolute atomic E-state index is 13.6. The highest BCUT2D eigenvalue weighted by Gasteiger charge is 2.33. The number of likely N-dealkylation sites (N-methyl/N-ethyl adjacent to an activating group) is 1. The van der Waals surface area contributed by atoms with Crippen molar-refractivity contribution in [3.8, 4) is 0 Å². The summed E-state index contributed by atoms with van der Waals surface area (Å²) in [5, 5.41) is 15.5. The molecule has 0 bridgehead atoms. The highest BCUT2D eigenvalue weighted by atomic mass is 32.2. The Morgan fingerprint density at radius 1 is 1.03 bits per heavy atom. The molecule has 2 aliphatic heterocycles. The third kappa shape index (κ3) is 5.18. The van der Waals surface area contributed by atoms with Crippen molar-refractivity contribution in [2.24, 2.45) is 5.73 Å². The van der Waals surface area contributed by atoms with Crippen molar-refractivity contribution in [2.75, 3.05) is 56.5 Å². The number of nitro benzene ring substituents is 1. The van der Waals surface area contributed by atoms with Crippen LogP contribution in [0.15, 0.2) is 70.5 Å². The van der Waals surface area contributed by atoms with E-state index in [2.05, 4.69) is 22.2 Å². The van der Waals surface area contributed by atoms with Crippen LogP contribution in [-0.2, 0) is 16.4 Å². The van der Waals surface area contributed by atoms with E-state index in [4.69, 9.17) is 5.73 Å². The van der Waals surface area contributed by atoms with Crippen LogP contribution >= 0.6 is 0 Å². The second-order valence-electron chi connectivity index (χ2n) is 9.75. The average Bonchev–Trinajstić information content (AvgIpc) is 2.93. The Bertz CT molecular complexity index is 1540. The summed E-state index contributed by atoms with van der Waals surface area (Å²) in [6, 6.07) is 15.9. The van der Waals surface area contributed by atoms with Gasteiger partial charge in [0.2, 0.25) is 15.7 Å². The van der Waals surface area contributed by atoms with Gasteiger partial charge in [0.25, 0.3) is 5.69 Å². The number of amides is 1. The topological polar surface area (TPSA) is 142 Å². The van der Waals surface area contributed by atoms with E-state index in [-0.39, 0.29) is 21.0 Å². The van der Waals surface area contributed by atoms with Crippen LogP contribution in [0.1, 0.15) is 15.9 Å². The van der Waals surface area contributed by atoms with Gasteiger partial charge in [0.05, 0.1) is 26.0 Å². The number of primary amides is 1. The molecule has 39 heavy (non-hydrogen) atoms. The number of nitrogens with two attached hydrogens (primary N) is 1. The van der Waals surface area contributed by atoms with Crippen LogP contribution in [0.3, 0.4) is 0 Å². The average molecular weight is 551 g/mol. The summed E-state index contributed by atoms with van der Waals surface area (Å²) in [7, 11) is -2.19. The van der Waals surface area contributed by atoms with Crippen molar-refractivity contribution < 1.29 is 18.1 Å². The molecular formula is C27H30N6O5S. The van der Waals surface area contributed by atoms with Crippen molar-refractivity contribution >= 4 is 38.5 Å². The van der Waals surface area contributed by atoms with E-state index in [1.165, 1.54) is 30.3 Å². The van der Waals surface area contributed by atoms with Crippen LogP contribution in [-0.4, -0.2) is 75.4 Å². The minimum absolute atomic E-state index is 0.176. The smallest absolute Gasteiger partial charge is 0.296 e. The van der Waals surface area contributed by atoms with Crippen molar-refractivity contribution in [2.45, 2.75) is 16.3 Å². The van der Waals surface area contributed by atoms with Gasteiger partial charge < -0.3 is 20.9 Å². The fourth-order valence-corrected chi connectivity index (χ4v) is 6.66. The molecule has 5 rings (SSSR count). The fraction of sp³-hybridized carbons (Fsp3) is 0.296. The van der Waals surface area contributed by atoms with E-state index in [1.54, 1.807) is 0 Å². The van der Waals surface area contributed by atoms with Gasteiger partial charge in [-0.25, -0.2) is 8.42 Å². The van der Waals surface area contributed by atoms with E-state index in [0.29, 0.717) is 31.0 Å². The number of rotatable bonds is 7.